The Bertz CT molecular complexity index is 1150. The predicted octanol–water partition coefficient (Wildman–Crippen LogP) is 5.27. The van der Waals surface area contributed by atoms with E-state index in [1.807, 2.05) is 13.0 Å². The van der Waals surface area contributed by atoms with Crippen LogP contribution in [0.25, 0.3) is 11.0 Å². The maximum absolute atomic E-state index is 11.9. The molecule has 4 rings (SSSR count). The maximum atomic E-state index is 11.9. The number of thiophene rings is 1. The highest BCUT2D eigenvalue weighted by atomic mass is 32.2. The number of aromatic nitrogens is 2. The fourth-order valence-electron chi connectivity index (χ4n) is 2.83. The summed E-state index contributed by atoms with van der Waals surface area (Å²) >= 11 is 4.88. The van der Waals surface area contributed by atoms with E-state index in [0.717, 1.165) is 38.9 Å². The zero-order valence-corrected chi connectivity index (χ0v) is 18.0. The highest BCUT2D eigenvalue weighted by Gasteiger charge is 2.10. The van der Waals surface area contributed by atoms with E-state index in [1.54, 1.807) is 29.2 Å². The first-order valence-corrected chi connectivity index (χ1v) is 11.5. The number of hydrogen-bond acceptors (Lipinski definition) is 8. The molecule has 3 aromatic heterocycles. The van der Waals surface area contributed by atoms with Crippen LogP contribution in [0.5, 0.6) is 0 Å². The summed E-state index contributed by atoms with van der Waals surface area (Å²) in [6.07, 6.45) is 0.976. The summed E-state index contributed by atoms with van der Waals surface area (Å²) in [6.45, 7) is 4.92. The molecule has 0 radical (unpaired) electrons. The topological polar surface area (TPSA) is 68.0 Å². The molecule has 1 aromatic carbocycles. The third-order valence-electron chi connectivity index (χ3n) is 4.43. The van der Waals surface area contributed by atoms with Crippen molar-refractivity contribution in [1.82, 2.24) is 10.2 Å². The van der Waals surface area contributed by atoms with Gasteiger partial charge in [0.15, 0.2) is 4.34 Å². The fourth-order valence-corrected chi connectivity index (χ4v) is 5.31. The summed E-state index contributed by atoms with van der Waals surface area (Å²) in [6, 6.07) is 9.79. The molecule has 0 atom stereocenters. The van der Waals surface area contributed by atoms with E-state index < -0.39 is 0 Å². The molecule has 0 saturated carbocycles. The summed E-state index contributed by atoms with van der Waals surface area (Å²) in [7, 11) is 0. The van der Waals surface area contributed by atoms with Crippen LogP contribution >= 0.6 is 34.4 Å². The SMILES string of the molecule is Cc1cc2oc(=O)cc(CSc3nnc(NCCc4cccs4)s3)c2cc1C. The molecule has 0 fully saturated rings. The number of benzene rings is 1. The number of nitrogens with zero attached hydrogens (tertiary/aromatic N) is 2. The number of fused-ring (bicyclic) bond motifs is 1. The van der Waals surface area contributed by atoms with Gasteiger partial charge in [-0.2, -0.15) is 0 Å². The fraction of sp³-hybridized carbons (Fsp3) is 0.250. The number of thioether (sulfide) groups is 1. The van der Waals surface area contributed by atoms with Crippen LogP contribution in [-0.2, 0) is 12.2 Å². The molecule has 0 aliphatic carbocycles. The van der Waals surface area contributed by atoms with Gasteiger partial charge in [0.2, 0.25) is 5.13 Å². The molecule has 8 heteroatoms. The molecule has 0 aliphatic rings. The summed E-state index contributed by atoms with van der Waals surface area (Å²) < 4.78 is 6.25. The summed E-state index contributed by atoms with van der Waals surface area (Å²) in [5.74, 6) is 0.647. The van der Waals surface area contributed by atoms with Gasteiger partial charge in [0.05, 0.1) is 0 Å². The van der Waals surface area contributed by atoms with E-state index in [9.17, 15) is 4.79 Å². The van der Waals surface area contributed by atoms with Crippen LogP contribution in [0.15, 0.2) is 49.3 Å². The molecule has 3 heterocycles. The molecule has 0 spiro atoms. The van der Waals surface area contributed by atoms with Gasteiger partial charge in [-0.3, -0.25) is 0 Å². The molecule has 5 nitrogen and oxygen atoms in total. The molecule has 0 aliphatic heterocycles. The average Bonchev–Trinajstić information content (AvgIpc) is 3.33. The summed E-state index contributed by atoms with van der Waals surface area (Å²) in [5, 5.41) is 15.7. The summed E-state index contributed by atoms with van der Waals surface area (Å²) in [5.41, 5.74) is 3.57. The lowest BCUT2D eigenvalue weighted by Gasteiger charge is -2.07. The average molecular weight is 430 g/mol. The van der Waals surface area contributed by atoms with E-state index in [-0.39, 0.29) is 5.63 Å². The van der Waals surface area contributed by atoms with Gasteiger partial charge in [0.25, 0.3) is 0 Å². The largest absolute Gasteiger partial charge is 0.423 e. The van der Waals surface area contributed by atoms with Gasteiger partial charge in [-0.25, -0.2) is 4.79 Å². The van der Waals surface area contributed by atoms with Crippen molar-refractivity contribution in [2.75, 3.05) is 11.9 Å². The highest BCUT2D eigenvalue weighted by molar-refractivity contribution is 8.00. The van der Waals surface area contributed by atoms with Crippen LogP contribution in [0.4, 0.5) is 5.13 Å². The van der Waals surface area contributed by atoms with Crippen LogP contribution in [0, 0.1) is 13.8 Å². The zero-order valence-electron chi connectivity index (χ0n) is 15.5. The standard InChI is InChI=1S/C20H19N3O2S3/c1-12-8-16-14(10-18(24)25-17(16)9-13(12)2)11-27-20-23-22-19(28-20)21-6-5-15-4-3-7-26-15/h3-4,7-10H,5-6,11H2,1-2H3,(H,21,22). The monoisotopic (exact) mass is 429 g/mol. The van der Waals surface area contributed by atoms with Crippen molar-refractivity contribution < 1.29 is 4.42 Å². The lowest BCUT2D eigenvalue weighted by Crippen LogP contribution is -2.03. The Morgan fingerprint density at radius 2 is 2.04 bits per heavy atom. The first-order valence-electron chi connectivity index (χ1n) is 8.85. The van der Waals surface area contributed by atoms with Crippen molar-refractivity contribution in [2.24, 2.45) is 0 Å². The number of anilines is 1. The molecule has 4 aromatic rings. The van der Waals surface area contributed by atoms with E-state index in [4.69, 9.17) is 4.42 Å². The molecule has 0 unspecified atom stereocenters. The van der Waals surface area contributed by atoms with Crippen molar-refractivity contribution in [2.45, 2.75) is 30.4 Å². The Morgan fingerprint density at radius 3 is 2.86 bits per heavy atom. The third kappa shape index (κ3) is 4.45. The lowest BCUT2D eigenvalue weighted by molar-refractivity contribution is 0.559. The molecule has 144 valence electrons. The Balaban J connectivity index is 1.43. The van der Waals surface area contributed by atoms with Gasteiger partial charge in [-0.1, -0.05) is 29.2 Å². The molecule has 28 heavy (non-hydrogen) atoms. The first kappa shape index (κ1) is 19.2. The smallest absolute Gasteiger partial charge is 0.336 e. The van der Waals surface area contributed by atoms with Gasteiger partial charge in [-0.15, -0.1) is 21.5 Å². The van der Waals surface area contributed by atoms with E-state index in [0.29, 0.717) is 11.3 Å². The van der Waals surface area contributed by atoms with E-state index in [2.05, 4.69) is 46.0 Å². The van der Waals surface area contributed by atoms with Crippen molar-refractivity contribution in [3.05, 3.63) is 67.7 Å². The second-order valence-corrected chi connectivity index (χ2v) is 9.67. The second-order valence-electron chi connectivity index (χ2n) is 6.44. The van der Waals surface area contributed by atoms with Gasteiger partial charge in [0.1, 0.15) is 5.58 Å². The lowest BCUT2D eigenvalue weighted by atomic mass is 10.0. The minimum Gasteiger partial charge on any atom is -0.423 e. The zero-order chi connectivity index (χ0) is 19.5. The van der Waals surface area contributed by atoms with Gasteiger partial charge in [0, 0.05) is 28.6 Å². The van der Waals surface area contributed by atoms with Crippen LogP contribution in [0.3, 0.4) is 0 Å². The van der Waals surface area contributed by atoms with Crippen LogP contribution in [0.2, 0.25) is 0 Å². The Kier molecular flexibility index (Phi) is 5.79. The van der Waals surface area contributed by atoms with Crippen molar-refractivity contribution in [3.63, 3.8) is 0 Å². The van der Waals surface area contributed by atoms with Crippen LogP contribution < -0.4 is 10.9 Å². The minimum absolute atomic E-state index is 0.320. The Hall–Kier alpha value is -2.16. The van der Waals surface area contributed by atoms with Crippen LogP contribution in [0.1, 0.15) is 21.6 Å². The van der Waals surface area contributed by atoms with Gasteiger partial charge in [-0.05, 0) is 60.5 Å². The van der Waals surface area contributed by atoms with Gasteiger partial charge >= 0.3 is 5.63 Å². The summed E-state index contributed by atoms with van der Waals surface area (Å²) in [4.78, 5) is 13.3. The number of nitrogens with one attached hydrogen (secondary N) is 1. The normalized spacial score (nSPS) is 11.2. The minimum atomic E-state index is -0.320. The van der Waals surface area contributed by atoms with Gasteiger partial charge < -0.3 is 9.73 Å². The molecular weight excluding hydrogens is 410 g/mol. The quantitative estimate of drug-likeness (QED) is 0.319. The first-order chi connectivity index (χ1) is 13.6. The predicted molar refractivity (Wildman–Crippen MR) is 118 cm³/mol. The molecule has 0 bridgehead atoms. The number of hydrogen-bond donors (Lipinski definition) is 1. The van der Waals surface area contributed by atoms with E-state index in [1.165, 1.54) is 21.8 Å². The molecular formula is C20H19N3O2S3. The highest BCUT2D eigenvalue weighted by Crippen LogP contribution is 2.31. The van der Waals surface area contributed by atoms with Crippen molar-refractivity contribution in [1.29, 1.82) is 0 Å². The second kappa shape index (κ2) is 8.46. The Morgan fingerprint density at radius 1 is 1.18 bits per heavy atom. The van der Waals surface area contributed by atoms with Crippen molar-refractivity contribution >= 4 is 50.5 Å². The molecule has 0 amide bonds. The maximum Gasteiger partial charge on any atom is 0.336 e. The molecule has 1 N–H and O–H groups in total. The Labute approximate surface area is 174 Å². The third-order valence-corrected chi connectivity index (χ3v) is 7.43. The van der Waals surface area contributed by atoms with Crippen LogP contribution in [-0.4, -0.2) is 16.7 Å². The number of rotatable bonds is 7. The van der Waals surface area contributed by atoms with Crippen molar-refractivity contribution in [3.8, 4) is 0 Å². The molecule has 0 saturated heterocycles. The number of aryl methyl sites for hydroxylation is 2. The van der Waals surface area contributed by atoms with E-state index >= 15 is 0 Å².